The predicted molar refractivity (Wildman–Crippen MR) is 126 cm³/mol. The molecule has 5 heteroatoms. The summed E-state index contributed by atoms with van der Waals surface area (Å²) in [6, 6.07) is 8.84. The minimum absolute atomic E-state index is 1.04. The zero-order chi connectivity index (χ0) is 20.9. The summed E-state index contributed by atoms with van der Waals surface area (Å²) in [5, 5.41) is 1.04. The van der Waals surface area contributed by atoms with Crippen molar-refractivity contribution >= 4 is 32.4 Å². The van der Waals surface area contributed by atoms with E-state index in [1.165, 1.54) is 54.9 Å². The summed E-state index contributed by atoms with van der Waals surface area (Å²) in [5.41, 5.74) is 1.46. The fourth-order valence-corrected chi connectivity index (χ4v) is 22.1. The molecule has 1 aromatic carbocycles. The first kappa shape index (κ1) is 26.2. The molecule has 0 aromatic heterocycles. The Morgan fingerprint density at radius 3 is 1.46 bits per heavy atom. The van der Waals surface area contributed by atoms with Crippen LogP contribution in [-0.2, 0) is 19.7 Å². The van der Waals surface area contributed by atoms with Gasteiger partial charge in [0.05, 0.1) is 0 Å². The van der Waals surface area contributed by atoms with Crippen LogP contribution < -0.4 is 5.19 Å². The number of aryl methyl sites for hydroxylation is 1. The van der Waals surface area contributed by atoms with Crippen LogP contribution in [0.15, 0.2) is 24.3 Å². The van der Waals surface area contributed by atoms with E-state index in [4.69, 9.17) is 13.3 Å². The fraction of sp³-hybridized carbons (Fsp3) is 0.739. The topological polar surface area (TPSA) is 27.7 Å². The van der Waals surface area contributed by atoms with E-state index in [-0.39, 0.29) is 0 Å². The first-order valence-electron chi connectivity index (χ1n) is 11.3. The molecular formula is C23H44O3SiSn. The number of hydrogen-bond donors (Lipinski definition) is 0. The quantitative estimate of drug-likeness (QED) is 0.247. The van der Waals surface area contributed by atoms with Gasteiger partial charge in [0.2, 0.25) is 0 Å². The second-order valence-corrected chi connectivity index (χ2v) is 25.4. The van der Waals surface area contributed by atoms with Crippen LogP contribution in [0.5, 0.6) is 0 Å². The van der Waals surface area contributed by atoms with Gasteiger partial charge in [-0.05, 0) is 0 Å². The third-order valence-corrected chi connectivity index (χ3v) is 24.7. The number of rotatable bonds is 16. The monoisotopic (exact) mass is 516 g/mol. The summed E-state index contributed by atoms with van der Waals surface area (Å²) in [4.78, 5) is 0. The minimum atomic E-state index is -2.72. The third-order valence-electron chi connectivity index (χ3n) is 6.24. The first-order chi connectivity index (χ1) is 13.5. The molecule has 0 amide bonds. The SMILES string of the molecule is CCC[CH2][Sn]([CH2]CCC)([CH2]CCC)[CH2]Cc1ccc([Si](OC)(OC)OC)cc1. The number of unbranched alkanes of at least 4 members (excludes halogenated alkanes) is 3. The van der Waals surface area contributed by atoms with Crippen molar-refractivity contribution in [2.24, 2.45) is 0 Å². The van der Waals surface area contributed by atoms with Crippen molar-refractivity contribution in [3.8, 4) is 0 Å². The molecule has 0 aliphatic carbocycles. The molecule has 0 unspecified atom stereocenters. The Kier molecular flexibility index (Phi) is 13.2. The summed E-state index contributed by atoms with van der Waals surface area (Å²) in [6.07, 6.45) is 9.65. The summed E-state index contributed by atoms with van der Waals surface area (Å²) in [5.74, 6) is 0. The van der Waals surface area contributed by atoms with Gasteiger partial charge in [-0.3, -0.25) is 0 Å². The molecule has 0 heterocycles. The molecule has 0 spiro atoms. The maximum atomic E-state index is 5.61. The van der Waals surface area contributed by atoms with Gasteiger partial charge in [0.25, 0.3) is 0 Å². The predicted octanol–water partition coefficient (Wildman–Crippen LogP) is 6.16. The molecular weight excluding hydrogens is 471 g/mol. The van der Waals surface area contributed by atoms with E-state index >= 15 is 0 Å². The number of hydrogen-bond acceptors (Lipinski definition) is 3. The van der Waals surface area contributed by atoms with Crippen molar-refractivity contribution in [1.82, 2.24) is 0 Å². The molecule has 0 radical (unpaired) electrons. The summed E-state index contributed by atoms with van der Waals surface area (Å²) < 4.78 is 23.1. The summed E-state index contributed by atoms with van der Waals surface area (Å²) in [7, 11) is 2.30. The standard InChI is InChI=1S/C11H17O3Si.3C4H9.Sn/c1-5-10-6-8-11(9-7-10)15(12-2,13-3)14-4;3*1-3-4-2;/h6-9H,1,5H2,2-4H3;3*1,3-4H2,2H3;. The number of benzene rings is 1. The third kappa shape index (κ3) is 7.75. The molecule has 0 N–H and O–H groups in total. The van der Waals surface area contributed by atoms with Crippen LogP contribution in [0.2, 0.25) is 17.7 Å². The molecule has 3 nitrogen and oxygen atoms in total. The van der Waals surface area contributed by atoms with Crippen molar-refractivity contribution in [2.45, 2.75) is 83.5 Å². The van der Waals surface area contributed by atoms with Crippen LogP contribution >= 0.6 is 0 Å². The van der Waals surface area contributed by atoms with Crippen molar-refractivity contribution in [2.75, 3.05) is 21.3 Å². The van der Waals surface area contributed by atoms with Crippen molar-refractivity contribution in [3.63, 3.8) is 0 Å². The Morgan fingerprint density at radius 2 is 1.11 bits per heavy atom. The van der Waals surface area contributed by atoms with Crippen molar-refractivity contribution in [1.29, 1.82) is 0 Å². The second-order valence-electron chi connectivity index (χ2n) is 8.18. The van der Waals surface area contributed by atoms with Crippen molar-refractivity contribution in [3.05, 3.63) is 29.8 Å². The summed E-state index contributed by atoms with van der Waals surface area (Å²) in [6.45, 7) is 7.06. The zero-order valence-electron chi connectivity index (χ0n) is 19.3. The second kappa shape index (κ2) is 14.2. The van der Waals surface area contributed by atoms with E-state index in [1.807, 2.05) is 0 Å². The molecule has 0 fully saturated rings. The van der Waals surface area contributed by atoms with Crippen LogP contribution in [0.4, 0.5) is 0 Å². The van der Waals surface area contributed by atoms with E-state index in [1.54, 1.807) is 34.6 Å². The molecule has 1 rings (SSSR count). The Bertz CT molecular complexity index is 487. The van der Waals surface area contributed by atoms with Crippen LogP contribution in [0.3, 0.4) is 0 Å². The normalized spacial score (nSPS) is 12.5. The average Bonchev–Trinajstić information content (AvgIpc) is 2.75. The Labute approximate surface area is 179 Å². The van der Waals surface area contributed by atoms with Gasteiger partial charge in [-0.25, -0.2) is 0 Å². The summed E-state index contributed by atoms with van der Waals surface area (Å²) >= 11 is -2.05. The molecule has 0 saturated heterocycles. The van der Waals surface area contributed by atoms with Gasteiger partial charge in [0, 0.05) is 0 Å². The van der Waals surface area contributed by atoms with Gasteiger partial charge in [0.15, 0.2) is 0 Å². The van der Waals surface area contributed by atoms with Gasteiger partial charge < -0.3 is 0 Å². The molecule has 0 bridgehead atoms. The first-order valence-corrected chi connectivity index (χ1v) is 21.1. The Balaban J connectivity index is 2.89. The van der Waals surface area contributed by atoms with Gasteiger partial charge in [-0.2, -0.15) is 0 Å². The molecule has 0 aliphatic heterocycles. The molecule has 0 aliphatic rings. The van der Waals surface area contributed by atoms with Crippen LogP contribution in [0.25, 0.3) is 0 Å². The molecule has 28 heavy (non-hydrogen) atoms. The molecule has 0 saturated carbocycles. The van der Waals surface area contributed by atoms with E-state index in [0.29, 0.717) is 0 Å². The van der Waals surface area contributed by atoms with Crippen LogP contribution in [-0.4, -0.2) is 48.5 Å². The fourth-order valence-electron chi connectivity index (χ4n) is 4.29. The molecule has 1 aromatic rings. The average molecular weight is 515 g/mol. The Morgan fingerprint density at radius 1 is 0.679 bits per heavy atom. The van der Waals surface area contributed by atoms with Gasteiger partial charge in [-0.1, -0.05) is 0 Å². The van der Waals surface area contributed by atoms with E-state index < -0.39 is 27.2 Å². The van der Waals surface area contributed by atoms with E-state index in [0.717, 1.165) is 5.19 Å². The van der Waals surface area contributed by atoms with E-state index in [2.05, 4.69) is 45.0 Å². The molecule has 0 atom stereocenters. The van der Waals surface area contributed by atoms with Crippen LogP contribution in [0.1, 0.15) is 64.9 Å². The van der Waals surface area contributed by atoms with E-state index in [9.17, 15) is 0 Å². The van der Waals surface area contributed by atoms with Crippen LogP contribution in [0, 0.1) is 0 Å². The van der Waals surface area contributed by atoms with Crippen molar-refractivity contribution < 1.29 is 13.3 Å². The van der Waals surface area contributed by atoms with Gasteiger partial charge in [-0.15, -0.1) is 0 Å². The van der Waals surface area contributed by atoms with Gasteiger partial charge in [0.1, 0.15) is 0 Å². The zero-order valence-corrected chi connectivity index (χ0v) is 23.2. The van der Waals surface area contributed by atoms with Gasteiger partial charge >= 0.3 is 180 Å². The molecule has 162 valence electrons. The maximum absolute atomic E-state index is 5.61. The Hall–Kier alpha value is 0.116.